The van der Waals surface area contributed by atoms with Crippen molar-refractivity contribution in [2.24, 2.45) is 0 Å². The van der Waals surface area contributed by atoms with E-state index < -0.39 is 28.5 Å². The summed E-state index contributed by atoms with van der Waals surface area (Å²) in [6.07, 6.45) is 0. The molecule has 1 aliphatic heterocycles. The molecule has 3 rings (SSSR count). The van der Waals surface area contributed by atoms with E-state index in [1.807, 2.05) is 0 Å². The van der Waals surface area contributed by atoms with Crippen LogP contribution in [-0.2, 0) is 24.3 Å². The van der Waals surface area contributed by atoms with Gasteiger partial charge in [-0.3, -0.25) is 9.10 Å². The minimum absolute atomic E-state index is 0.0957. The molecule has 0 spiro atoms. The molecule has 10 heteroatoms. The van der Waals surface area contributed by atoms with E-state index in [2.05, 4.69) is 0 Å². The highest BCUT2D eigenvalue weighted by Crippen LogP contribution is 2.35. The molecular weight excluding hydrogens is 426 g/mol. The molecule has 0 radical (unpaired) electrons. The fourth-order valence-corrected chi connectivity index (χ4v) is 4.60. The minimum Gasteiger partial charge on any atom is -0.486 e. The third-order valence-electron chi connectivity index (χ3n) is 4.67. The van der Waals surface area contributed by atoms with Crippen molar-refractivity contribution < 1.29 is 37.0 Å². The molecule has 0 unspecified atom stereocenters. The third-order valence-corrected chi connectivity index (χ3v) is 6.43. The van der Waals surface area contributed by atoms with E-state index in [9.17, 15) is 18.0 Å². The summed E-state index contributed by atoms with van der Waals surface area (Å²) in [5, 5.41) is 0. The number of carbonyl (C=O) groups excluding carboxylic acids is 2. The van der Waals surface area contributed by atoms with Crippen LogP contribution in [0.5, 0.6) is 11.5 Å². The fourth-order valence-electron chi connectivity index (χ4n) is 3.12. The number of rotatable bonds is 7. The van der Waals surface area contributed by atoms with Crippen LogP contribution in [0.25, 0.3) is 0 Å². The van der Waals surface area contributed by atoms with E-state index in [1.54, 1.807) is 13.8 Å². The van der Waals surface area contributed by atoms with Gasteiger partial charge in [0.1, 0.15) is 19.8 Å². The molecule has 0 amide bonds. The SMILES string of the molecule is CCOC(=O)c1cccc(N(CC(=O)OC)S(=O)(=O)c2ccc3c(c2)OCCO3)c1C. The summed E-state index contributed by atoms with van der Waals surface area (Å²) in [6.45, 7) is 3.51. The molecule has 2 aromatic rings. The molecule has 2 aromatic carbocycles. The Balaban J connectivity index is 2.11. The smallest absolute Gasteiger partial charge is 0.338 e. The van der Waals surface area contributed by atoms with E-state index in [1.165, 1.54) is 43.5 Å². The van der Waals surface area contributed by atoms with Gasteiger partial charge in [-0.15, -0.1) is 0 Å². The number of methoxy groups -OCH3 is 1. The monoisotopic (exact) mass is 449 g/mol. The first-order chi connectivity index (χ1) is 14.8. The summed E-state index contributed by atoms with van der Waals surface area (Å²) >= 11 is 0. The first kappa shape index (κ1) is 22.4. The van der Waals surface area contributed by atoms with Crippen LogP contribution in [0.4, 0.5) is 5.69 Å². The number of benzene rings is 2. The van der Waals surface area contributed by atoms with Crippen molar-refractivity contribution in [1.82, 2.24) is 0 Å². The van der Waals surface area contributed by atoms with Gasteiger partial charge in [-0.05, 0) is 43.7 Å². The number of hydrogen-bond donors (Lipinski definition) is 0. The van der Waals surface area contributed by atoms with Crippen LogP contribution in [0.1, 0.15) is 22.8 Å². The Hall–Kier alpha value is -3.27. The molecule has 0 fully saturated rings. The number of fused-ring (bicyclic) bond motifs is 1. The first-order valence-electron chi connectivity index (χ1n) is 9.55. The molecule has 0 aliphatic carbocycles. The topological polar surface area (TPSA) is 108 Å². The highest BCUT2D eigenvalue weighted by molar-refractivity contribution is 7.92. The van der Waals surface area contributed by atoms with Crippen LogP contribution in [-0.4, -0.2) is 53.8 Å². The zero-order chi connectivity index (χ0) is 22.6. The second-order valence-corrected chi connectivity index (χ2v) is 8.43. The third kappa shape index (κ3) is 4.58. The molecule has 1 heterocycles. The van der Waals surface area contributed by atoms with Gasteiger partial charge >= 0.3 is 11.9 Å². The van der Waals surface area contributed by atoms with Crippen molar-refractivity contribution in [2.45, 2.75) is 18.7 Å². The highest BCUT2D eigenvalue weighted by Gasteiger charge is 2.31. The van der Waals surface area contributed by atoms with E-state index in [0.29, 0.717) is 30.3 Å². The Kier molecular flexibility index (Phi) is 6.69. The summed E-state index contributed by atoms with van der Waals surface area (Å²) < 4.78 is 48.7. The normalized spacial score (nSPS) is 12.7. The maximum absolute atomic E-state index is 13.5. The average molecular weight is 449 g/mol. The Bertz CT molecular complexity index is 1100. The maximum Gasteiger partial charge on any atom is 0.338 e. The van der Waals surface area contributed by atoms with Gasteiger partial charge in [0.25, 0.3) is 10.0 Å². The zero-order valence-electron chi connectivity index (χ0n) is 17.4. The van der Waals surface area contributed by atoms with Gasteiger partial charge in [-0.2, -0.15) is 0 Å². The van der Waals surface area contributed by atoms with Gasteiger partial charge in [-0.1, -0.05) is 6.07 Å². The predicted molar refractivity (Wildman–Crippen MR) is 111 cm³/mol. The van der Waals surface area contributed by atoms with Gasteiger partial charge in [0, 0.05) is 6.07 Å². The van der Waals surface area contributed by atoms with Crippen molar-refractivity contribution >= 4 is 27.6 Å². The lowest BCUT2D eigenvalue weighted by Crippen LogP contribution is -2.37. The number of nitrogens with zero attached hydrogens (tertiary/aromatic N) is 1. The minimum atomic E-state index is -4.23. The summed E-state index contributed by atoms with van der Waals surface area (Å²) in [7, 11) is -3.06. The van der Waals surface area contributed by atoms with Crippen LogP contribution in [0, 0.1) is 6.92 Å². The highest BCUT2D eigenvalue weighted by atomic mass is 32.2. The summed E-state index contributed by atoms with van der Waals surface area (Å²) in [5.41, 5.74) is 0.711. The van der Waals surface area contributed by atoms with Crippen molar-refractivity contribution in [1.29, 1.82) is 0 Å². The molecule has 0 saturated carbocycles. The Morgan fingerprint density at radius 2 is 1.81 bits per heavy atom. The van der Waals surface area contributed by atoms with Crippen LogP contribution in [0.3, 0.4) is 0 Å². The van der Waals surface area contributed by atoms with Crippen molar-refractivity contribution in [3.05, 3.63) is 47.5 Å². The lowest BCUT2D eigenvalue weighted by Gasteiger charge is -2.26. The van der Waals surface area contributed by atoms with Gasteiger partial charge in [-0.25, -0.2) is 13.2 Å². The Labute approximate surface area is 180 Å². The number of anilines is 1. The van der Waals surface area contributed by atoms with Gasteiger partial charge in [0.15, 0.2) is 11.5 Å². The number of carbonyl (C=O) groups is 2. The summed E-state index contributed by atoms with van der Waals surface area (Å²) in [6, 6.07) is 8.79. The molecule has 0 atom stereocenters. The first-order valence-corrected chi connectivity index (χ1v) is 11.0. The zero-order valence-corrected chi connectivity index (χ0v) is 18.2. The Morgan fingerprint density at radius 3 is 2.48 bits per heavy atom. The number of sulfonamides is 1. The Morgan fingerprint density at radius 1 is 1.10 bits per heavy atom. The molecular formula is C21H23NO8S. The lowest BCUT2D eigenvalue weighted by atomic mass is 10.1. The van der Waals surface area contributed by atoms with Gasteiger partial charge in [0.2, 0.25) is 0 Å². The van der Waals surface area contributed by atoms with E-state index in [4.69, 9.17) is 18.9 Å². The van der Waals surface area contributed by atoms with Crippen LogP contribution in [0.2, 0.25) is 0 Å². The van der Waals surface area contributed by atoms with E-state index in [-0.39, 0.29) is 22.8 Å². The lowest BCUT2D eigenvalue weighted by molar-refractivity contribution is -0.138. The second kappa shape index (κ2) is 9.25. The van der Waals surface area contributed by atoms with Crippen LogP contribution >= 0.6 is 0 Å². The quantitative estimate of drug-likeness (QED) is 0.593. The van der Waals surface area contributed by atoms with Crippen molar-refractivity contribution in [2.75, 3.05) is 37.8 Å². The molecule has 9 nitrogen and oxygen atoms in total. The largest absolute Gasteiger partial charge is 0.486 e. The second-order valence-electron chi connectivity index (χ2n) is 6.56. The molecule has 0 aromatic heterocycles. The van der Waals surface area contributed by atoms with Gasteiger partial charge in [0.05, 0.1) is 29.9 Å². The number of esters is 2. The molecule has 0 N–H and O–H groups in total. The molecule has 0 bridgehead atoms. The molecule has 1 aliphatic rings. The van der Waals surface area contributed by atoms with Crippen LogP contribution < -0.4 is 13.8 Å². The average Bonchev–Trinajstić information content (AvgIpc) is 2.77. The number of ether oxygens (including phenoxy) is 4. The maximum atomic E-state index is 13.5. The standard InChI is InChI=1S/C21H23NO8S/c1-4-28-21(24)16-6-5-7-17(14(16)2)22(13-20(23)27-3)31(25,26)15-8-9-18-19(12-15)30-11-10-29-18/h5-9,12H,4,10-11,13H2,1-3H3. The van der Waals surface area contributed by atoms with Crippen molar-refractivity contribution in [3.8, 4) is 11.5 Å². The number of hydrogen-bond acceptors (Lipinski definition) is 8. The molecule has 0 saturated heterocycles. The van der Waals surface area contributed by atoms with E-state index >= 15 is 0 Å². The van der Waals surface area contributed by atoms with Gasteiger partial charge < -0.3 is 18.9 Å². The fraction of sp³-hybridized carbons (Fsp3) is 0.333. The van der Waals surface area contributed by atoms with Crippen LogP contribution in [0.15, 0.2) is 41.3 Å². The van der Waals surface area contributed by atoms with Crippen molar-refractivity contribution in [3.63, 3.8) is 0 Å². The molecule has 166 valence electrons. The summed E-state index contributed by atoms with van der Waals surface area (Å²) in [4.78, 5) is 24.3. The summed E-state index contributed by atoms with van der Waals surface area (Å²) in [5.74, 6) is -0.619. The van der Waals surface area contributed by atoms with E-state index in [0.717, 1.165) is 4.31 Å². The predicted octanol–water partition coefficient (Wildman–Crippen LogP) is 2.31. The molecule has 31 heavy (non-hydrogen) atoms.